The van der Waals surface area contributed by atoms with E-state index in [2.05, 4.69) is 5.32 Å². The Labute approximate surface area is 105 Å². The third-order valence-electron chi connectivity index (χ3n) is 2.54. The lowest BCUT2D eigenvalue weighted by Gasteiger charge is -2.15. The third kappa shape index (κ3) is 3.98. The second-order valence-corrected chi connectivity index (χ2v) is 4.19. The maximum Gasteiger partial charge on any atom is 0.224 e. The molecule has 0 aliphatic rings. The van der Waals surface area contributed by atoms with Crippen LogP contribution in [0.2, 0.25) is 5.02 Å². The van der Waals surface area contributed by atoms with Gasteiger partial charge in [-0.3, -0.25) is 4.79 Å². The van der Waals surface area contributed by atoms with Gasteiger partial charge in [0.1, 0.15) is 5.82 Å². The van der Waals surface area contributed by atoms with E-state index in [4.69, 9.17) is 17.3 Å². The molecular formula is C12H16ClFN2O. The summed E-state index contributed by atoms with van der Waals surface area (Å²) in [6.45, 7) is 2.29. The molecule has 3 N–H and O–H groups in total. The number of hydrogen-bond donors (Lipinski definition) is 2. The number of benzene rings is 1. The van der Waals surface area contributed by atoms with Crippen LogP contribution in [0.15, 0.2) is 18.2 Å². The summed E-state index contributed by atoms with van der Waals surface area (Å²) in [6.07, 6.45) is 0.676. The lowest BCUT2D eigenvalue weighted by atomic mass is 10.1. The van der Waals surface area contributed by atoms with E-state index >= 15 is 0 Å². The molecule has 0 radical (unpaired) electrons. The average molecular weight is 259 g/mol. The van der Waals surface area contributed by atoms with E-state index < -0.39 is 5.82 Å². The van der Waals surface area contributed by atoms with Crippen LogP contribution in [-0.2, 0) is 11.2 Å². The summed E-state index contributed by atoms with van der Waals surface area (Å²) in [7, 11) is 0. The van der Waals surface area contributed by atoms with Crippen molar-refractivity contribution in [1.29, 1.82) is 0 Å². The first-order valence-electron chi connectivity index (χ1n) is 5.50. The van der Waals surface area contributed by atoms with Crippen LogP contribution >= 0.6 is 11.6 Å². The Bertz CT molecular complexity index is 374. The van der Waals surface area contributed by atoms with Gasteiger partial charge in [-0.25, -0.2) is 4.39 Å². The average Bonchev–Trinajstić information content (AvgIpc) is 2.31. The van der Waals surface area contributed by atoms with Gasteiger partial charge < -0.3 is 11.1 Å². The summed E-state index contributed by atoms with van der Waals surface area (Å²) >= 11 is 5.83. The number of carbonyl (C=O) groups is 1. The van der Waals surface area contributed by atoms with E-state index in [1.165, 1.54) is 12.1 Å². The van der Waals surface area contributed by atoms with Crippen molar-refractivity contribution >= 4 is 17.5 Å². The van der Waals surface area contributed by atoms with Crippen molar-refractivity contribution in [2.75, 3.05) is 6.54 Å². The molecule has 0 fully saturated rings. The molecule has 94 valence electrons. The molecule has 0 spiro atoms. The fraction of sp³-hybridized carbons (Fsp3) is 0.417. The summed E-state index contributed by atoms with van der Waals surface area (Å²) in [4.78, 5) is 11.7. The zero-order valence-corrected chi connectivity index (χ0v) is 10.4. The van der Waals surface area contributed by atoms with E-state index in [0.717, 1.165) is 6.42 Å². The summed E-state index contributed by atoms with van der Waals surface area (Å²) in [5, 5.41) is 2.99. The smallest absolute Gasteiger partial charge is 0.224 e. The quantitative estimate of drug-likeness (QED) is 0.847. The Morgan fingerprint density at radius 3 is 2.82 bits per heavy atom. The van der Waals surface area contributed by atoms with Crippen LogP contribution in [-0.4, -0.2) is 18.5 Å². The highest BCUT2D eigenvalue weighted by Crippen LogP contribution is 2.19. The van der Waals surface area contributed by atoms with Crippen molar-refractivity contribution in [3.63, 3.8) is 0 Å². The van der Waals surface area contributed by atoms with Crippen LogP contribution < -0.4 is 11.1 Å². The van der Waals surface area contributed by atoms with Crippen LogP contribution in [0.25, 0.3) is 0 Å². The van der Waals surface area contributed by atoms with Crippen molar-refractivity contribution in [2.45, 2.75) is 25.8 Å². The van der Waals surface area contributed by atoms with Crippen molar-refractivity contribution < 1.29 is 9.18 Å². The predicted molar refractivity (Wildman–Crippen MR) is 66.4 cm³/mol. The Morgan fingerprint density at radius 2 is 2.29 bits per heavy atom. The zero-order valence-electron chi connectivity index (χ0n) is 9.67. The maximum absolute atomic E-state index is 13.4. The molecule has 3 nitrogen and oxygen atoms in total. The molecule has 0 heterocycles. The summed E-state index contributed by atoms with van der Waals surface area (Å²) in [6, 6.07) is 4.28. The van der Waals surface area contributed by atoms with Crippen LogP contribution in [0.3, 0.4) is 0 Å². The molecule has 0 saturated carbocycles. The van der Waals surface area contributed by atoms with Crippen LogP contribution in [0.5, 0.6) is 0 Å². The highest BCUT2D eigenvalue weighted by Gasteiger charge is 2.14. The highest BCUT2D eigenvalue weighted by molar-refractivity contribution is 6.31. The number of amides is 1. The Balaban J connectivity index is 2.68. The molecule has 1 atom stereocenters. The summed E-state index contributed by atoms with van der Waals surface area (Å²) in [5.74, 6) is -0.734. The SMILES string of the molecule is CCC(CN)NC(=O)Cc1c(F)cccc1Cl. The fourth-order valence-corrected chi connectivity index (χ4v) is 1.70. The number of hydrogen-bond acceptors (Lipinski definition) is 2. The van der Waals surface area contributed by atoms with Crippen LogP contribution in [0.1, 0.15) is 18.9 Å². The number of rotatable bonds is 5. The van der Waals surface area contributed by atoms with E-state index in [-0.39, 0.29) is 29.0 Å². The molecule has 1 amide bonds. The minimum absolute atomic E-state index is 0.0675. The molecule has 1 unspecified atom stereocenters. The highest BCUT2D eigenvalue weighted by atomic mass is 35.5. The predicted octanol–water partition coefficient (Wildman–Crippen LogP) is 1.88. The summed E-state index contributed by atoms with van der Waals surface area (Å²) < 4.78 is 13.4. The molecule has 0 aliphatic carbocycles. The molecule has 17 heavy (non-hydrogen) atoms. The van der Waals surface area contributed by atoms with Crippen LogP contribution in [0.4, 0.5) is 4.39 Å². The number of halogens is 2. The van der Waals surface area contributed by atoms with Crippen molar-refractivity contribution in [3.05, 3.63) is 34.6 Å². The van der Waals surface area contributed by atoms with E-state index in [1.807, 2.05) is 6.92 Å². The first-order chi connectivity index (χ1) is 8.08. The first kappa shape index (κ1) is 13.9. The fourth-order valence-electron chi connectivity index (χ4n) is 1.47. The summed E-state index contributed by atoms with van der Waals surface area (Å²) in [5.41, 5.74) is 5.69. The third-order valence-corrected chi connectivity index (χ3v) is 2.90. The van der Waals surface area contributed by atoms with Crippen molar-refractivity contribution in [1.82, 2.24) is 5.32 Å². The number of nitrogens with two attached hydrogens (primary N) is 1. The molecule has 1 aromatic carbocycles. The van der Waals surface area contributed by atoms with Gasteiger partial charge in [-0.1, -0.05) is 24.6 Å². The largest absolute Gasteiger partial charge is 0.352 e. The molecule has 5 heteroatoms. The minimum Gasteiger partial charge on any atom is -0.352 e. The van der Waals surface area contributed by atoms with Gasteiger partial charge in [0, 0.05) is 23.2 Å². The van der Waals surface area contributed by atoms with Crippen LogP contribution in [0, 0.1) is 5.82 Å². The molecule has 0 bridgehead atoms. The normalized spacial score (nSPS) is 12.2. The second kappa shape index (κ2) is 6.57. The van der Waals surface area contributed by atoms with E-state index in [0.29, 0.717) is 6.54 Å². The van der Waals surface area contributed by atoms with E-state index in [1.54, 1.807) is 6.07 Å². The lowest BCUT2D eigenvalue weighted by Crippen LogP contribution is -2.40. The van der Waals surface area contributed by atoms with Gasteiger partial charge in [-0.2, -0.15) is 0 Å². The lowest BCUT2D eigenvalue weighted by molar-refractivity contribution is -0.121. The van der Waals surface area contributed by atoms with Gasteiger partial charge in [0.25, 0.3) is 0 Å². The van der Waals surface area contributed by atoms with Gasteiger partial charge in [0.2, 0.25) is 5.91 Å². The van der Waals surface area contributed by atoms with Crippen molar-refractivity contribution in [2.24, 2.45) is 5.73 Å². The van der Waals surface area contributed by atoms with Crippen molar-refractivity contribution in [3.8, 4) is 0 Å². The minimum atomic E-state index is -0.464. The molecule has 0 saturated heterocycles. The molecule has 1 rings (SSSR count). The molecule has 0 aromatic heterocycles. The zero-order chi connectivity index (χ0) is 12.8. The number of carbonyl (C=O) groups excluding carboxylic acids is 1. The maximum atomic E-state index is 13.4. The Morgan fingerprint density at radius 1 is 1.59 bits per heavy atom. The number of nitrogens with one attached hydrogen (secondary N) is 1. The Kier molecular flexibility index (Phi) is 5.38. The second-order valence-electron chi connectivity index (χ2n) is 3.79. The monoisotopic (exact) mass is 258 g/mol. The van der Waals surface area contributed by atoms with Gasteiger partial charge >= 0.3 is 0 Å². The topological polar surface area (TPSA) is 55.1 Å². The van der Waals surface area contributed by atoms with Gasteiger partial charge in [-0.05, 0) is 18.6 Å². The molecule has 0 aliphatic heterocycles. The standard InChI is InChI=1S/C12H16ClFN2O/c1-2-8(7-15)16-12(17)6-9-10(13)4-3-5-11(9)14/h3-5,8H,2,6-7,15H2,1H3,(H,16,17). The van der Waals surface area contributed by atoms with Gasteiger partial charge in [-0.15, -0.1) is 0 Å². The van der Waals surface area contributed by atoms with Gasteiger partial charge in [0.05, 0.1) is 6.42 Å². The van der Waals surface area contributed by atoms with E-state index in [9.17, 15) is 9.18 Å². The Hall–Kier alpha value is -1.13. The molecule has 1 aromatic rings. The first-order valence-corrected chi connectivity index (χ1v) is 5.88. The molecular weight excluding hydrogens is 243 g/mol. The van der Waals surface area contributed by atoms with Gasteiger partial charge in [0.15, 0.2) is 0 Å².